The number of rotatable bonds is 7. The molecule has 0 saturated heterocycles. The molecule has 122 valence electrons. The van der Waals surface area contributed by atoms with Crippen LogP contribution in [-0.2, 0) is 6.42 Å². The van der Waals surface area contributed by atoms with Gasteiger partial charge in [0.15, 0.2) is 0 Å². The largest absolute Gasteiger partial charge is 0.496 e. The van der Waals surface area contributed by atoms with Crippen molar-refractivity contribution in [1.82, 2.24) is 0 Å². The van der Waals surface area contributed by atoms with Crippen LogP contribution in [0.25, 0.3) is 0 Å². The first kappa shape index (κ1) is 20.0. The number of ether oxygens (including phenoxy) is 1. The number of carbonyl (C=O) groups is 1. The minimum atomic E-state index is -0.914. The number of methoxy groups -OCH3 is 1. The standard InChI is InChI=1S/C17H22O3.C2H6/c1-4-5-6-7-13(2)8-9-14-12-15(17(18)19)10-11-16(14)20-3;1-2/h4-5,8,10-12H,6-7,9H2,1-3H3,(H,18,19);1-2H3/b5-4-,13-8+;. The second-order valence-electron chi connectivity index (χ2n) is 4.69. The third-order valence-electron chi connectivity index (χ3n) is 3.14. The van der Waals surface area contributed by atoms with Crippen molar-refractivity contribution in [1.29, 1.82) is 0 Å². The van der Waals surface area contributed by atoms with Gasteiger partial charge in [-0.2, -0.15) is 0 Å². The summed E-state index contributed by atoms with van der Waals surface area (Å²) in [7, 11) is 1.60. The summed E-state index contributed by atoms with van der Waals surface area (Å²) in [5.41, 5.74) is 2.49. The van der Waals surface area contributed by atoms with Gasteiger partial charge in [0, 0.05) is 0 Å². The number of carboxylic acids is 1. The Hall–Kier alpha value is -2.03. The lowest BCUT2D eigenvalue weighted by Gasteiger charge is -2.08. The van der Waals surface area contributed by atoms with Crippen LogP contribution in [0.1, 0.15) is 56.5 Å². The number of carboxylic acid groups (broad SMARTS) is 1. The summed E-state index contributed by atoms with van der Waals surface area (Å²) in [5.74, 6) is -0.185. The molecule has 0 saturated carbocycles. The van der Waals surface area contributed by atoms with Gasteiger partial charge >= 0.3 is 5.97 Å². The zero-order valence-electron chi connectivity index (χ0n) is 14.3. The molecule has 1 N–H and O–H groups in total. The smallest absolute Gasteiger partial charge is 0.335 e. The van der Waals surface area contributed by atoms with Gasteiger partial charge in [-0.05, 0) is 56.9 Å². The Kier molecular flexibility index (Phi) is 10.5. The van der Waals surface area contributed by atoms with Crippen molar-refractivity contribution in [3.05, 3.63) is 53.1 Å². The number of hydrogen-bond acceptors (Lipinski definition) is 2. The maximum absolute atomic E-state index is 11.0. The number of aromatic carboxylic acids is 1. The van der Waals surface area contributed by atoms with Gasteiger partial charge in [0.25, 0.3) is 0 Å². The van der Waals surface area contributed by atoms with E-state index in [0.717, 1.165) is 24.2 Å². The Morgan fingerprint density at radius 3 is 2.55 bits per heavy atom. The van der Waals surface area contributed by atoms with E-state index in [2.05, 4.69) is 19.1 Å². The van der Waals surface area contributed by atoms with Crippen molar-refractivity contribution in [3.63, 3.8) is 0 Å². The molecule has 0 fully saturated rings. The van der Waals surface area contributed by atoms with E-state index in [1.54, 1.807) is 25.3 Å². The van der Waals surface area contributed by atoms with Crippen LogP contribution in [0.2, 0.25) is 0 Å². The SMILES string of the molecule is C/C=C\CC/C(C)=C/Cc1cc(C(=O)O)ccc1OC.CC. The quantitative estimate of drug-likeness (QED) is 0.698. The molecular weight excluding hydrogens is 276 g/mol. The van der Waals surface area contributed by atoms with Crippen molar-refractivity contribution < 1.29 is 14.6 Å². The molecule has 0 bridgehead atoms. The molecule has 0 aliphatic carbocycles. The Bertz CT molecular complexity index is 513. The summed E-state index contributed by atoms with van der Waals surface area (Å²) in [6.45, 7) is 8.11. The van der Waals surface area contributed by atoms with E-state index in [9.17, 15) is 4.79 Å². The normalized spacial score (nSPS) is 11.0. The molecule has 0 aliphatic rings. The van der Waals surface area contributed by atoms with E-state index in [1.165, 1.54) is 5.57 Å². The molecule has 0 amide bonds. The Morgan fingerprint density at radius 2 is 2.00 bits per heavy atom. The molecule has 0 atom stereocenters. The number of allylic oxidation sites excluding steroid dienone is 4. The van der Waals surface area contributed by atoms with Crippen molar-refractivity contribution in [3.8, 4) is 5.75 Å². The summed E-state index contributed by atoms with van der Waals surface area (Å²) < 4.78 is 5.28. The first-order valence-electron chi connectivity index (χ1n) is 7.75. The zero-order chi connectivity index (χ0) is 17.0. The minimum absolute atomic E-state index is 0.292. The number of hydrogen-bond donors (Lipinski definition) is 1. The molecule has 0 aliphatic heterocycles. The summed E-state index contributed by atoms with van der Waals surface area (Å²) in [6, 6.07) is 4.95. The summed E-state index contributed by atoms with van der Waals surface area (Å²) in [4.78, 5) is 11.0. The molecular formula is C19H28O3. The predicted octanol–water partition coefficient (Wildman–Crippen LogP) is 5.26. The molecule has 3 nitrogen and oxygen atoms in total. The molecule has 0 unspecified atom stereocenters. The highest BCUT2D eigenvalue weighted by Crippen LogP contribution is 2.21. The van der Waals surface area contributed by atoms with E-state index in [1.807, 2.05) is 26.8 Å². The van der Waals surface area contributed by atoms with Gasteiger partial charge in [-0.15, -0.1) is 0 Å². The van der Waals surface area contributed by atoms with Crippen LogP contribution in [0.15, 0.2) is 42.0 Å². The molecule has 1 aromatic rings. The lowest BCUT2D eigenvalue weighted by molar-refractivity contribution is 0.0696. The fraction of sp³-hybridized carbons (Fsp3) is 0.421. The number of benzene rings is 1. The van der Waals surface area contributed by atoms with Gasteiger partial charge in [0.2, 0.25) is 0 Å². The highest BCUT2D eigenvalue weighted by atomic mass is 16.5. The first-order chi connectivity index (χ1) is 10.6. The highest BCUT2D eigenvalue weighted by molar-refractivity contribution is 5.88. The zero-order valence-corrected chi connectivity index (χ0v) is 14.3. The van der Waals surface area contributed by atoms with E-state index in [4.69, 9.17) is 9.84 Å². The molecule has 0 aromatic heterocycles. The Labute approximate surface area is 134 Å². The highest BCUT2D eigenvalue weighted by Gasteiger charge is 2.08. The van der Waals surface area contributed by atoms with Crippen LogP contribution in [-0.4, -0.2) is 18.2 Å². The van der Waals surface area contributed by atoms with E-state index >= 15 is 0 Å². The van der Waals surface area contributed by atoms with Crippen molar-refractivity contribution in [2.45, 2.75) is 47.0 Å². The van der Waals surface area contributed by atoms with Crippen LogP contribution in [0.4, 0.5) is 0 Å². The maximum atomic E-state index is 11.0. The van der Waals surface area contributed by atoms with Crippen molar-refractivity contribution >= 4 is 5.97 Å². The van der Waals surface area contributed by atoms with Gasteiger partial charge in [-0.1, -0.05) is 37.6 Å². The van der Waals surface area contributed by atoms with Gasteiger partial charge < -0.3 is 9.84 Å². The Morgan fingerprint density at radius 1 is 1.32 bits per heavy atom. The molecule has 0 heterocycles. The lowest BCUT2D eigenvalue weighted by Crippen LogP contribution is -1.99. The minimum Gasteiger partial charge on any atom is -0.496 e. The third-order valence-corrected chi connectivity index (χ3v) is 3.14. The monoisotopic (exact) mass is 304 g/mol. The first-order valence-corrected chi connectivity index (χ1v) is 7.75. The van der Waals surface area contributed by atoms with Gasteiger partial charge in [-0.25, -0.2) is 4.79 Å². The average Bonchev–Trinajstić information content (AvgIpc) is 2.54. The van der Waals surface area contributed by atoms with Crippen LogP contribution in [0.3, 0.4) is 0 Å². The van der Waals surface area contributed by atoms with Crippen LogP contribution in [0.5, 0.6) is 5.75 Å². The summed E-state index contributed by atoms with van der Waals surface area (Å²) >= 11 is 0. The molecule has 22 heavy (non-hydrogen) atoms. The summed E-state index contributed by atoms with van der Waals surface area (Å²) in [5, 5.41) is 9.03. The maximum Gasteiger partial charge on any atom is 0.335 e. The second kappa shape index (κ2) is 11.6. The molecule has 0 radical (unpaired) electrons. The lowest BCUT2D eigenvalue weighted by atomic mass is 10.0. The van der Waals surface area contributed by atoms with E-state index in [-0.39, 0.29) is 0 Å². The topological polar surface area (TPSA) is 46.5 Å². The van der Waals surface area contributed by atoms with Crippen LogP contribution < -0.4 is 4.74 Å². The Balaban J connectivity index is 0.00000211. The van der Waals surface area contributed by atoms with Crippen molar-refractivity contribution in [2.75, 3.05) is 7.11 Å². The molecule has 1 aromatic carbocycles. The predicted molar refractivity (Wildman–Crippen MR) is 92.8 cm³/mol. The fourth-order valence-electron chi connectivity index (χ4n) is 1.94. The van der Waals surface area contributed by atoms with E-state index in [0.29, 0.717) is 12.0 Å². The van der Waals surface area contributed by atoms with Gasteiger partial charge in [0.1, 0.15) is 5.75 Å². The average molecular weight is 304 g/mol. The molecule has 0 spiro atoms. The molecule has 3 heteroatoms. The van der Waals surface area contributed by atoms with Crippen LogP contribution >= 0.6 is 0 Å². The van der Waals surface area contributed by atoms with Crippen LogP contribution in [0, 0.1) is 0 Å². The fourth-order valence-corrected chi connectivity index (χ4v) is 1.94. The van der Waals surface area contributed by atoms with Gasteiger partial charge in [0.05, 0.1) is 12.7 Å². The van der Waals surface area contributed by atoms with E-state index < -0.39 is 5.97 Å². The second-order valence-corrected chi connectivity index (χ2v) is 4.69. The van der Waals surface area contributed by atoms with Crippen molar-refractivity contribution in [2.24, 2.45) is 0 Å². The third kappa shape index (κ3) is 7.11. The van der Waals surface area contributed by atoms with Gasteiger partial charge in [-0.3, -0.25) is 0 Å². The summed E-state index contributed by atoms with van der Waals surface area (Å²) in [6.07, 6.45) is 9.06. The molecule has 1 rings (SSSR count).